The molecule has 0 amide bonds. The van der Waals surface area contributed by atoms with Crippen LogP contribution in [0.2, 0.25) is 0 Å². The van der Waals surface area contributed by atoms with Crippen molar-refractivity contribution in [1.29, 1.82) is 0 Å². The van der Waals surface area contributed by atoms with E-state index in [1.54, 1.807) is 0 Å². The maximum absolute atomic E-state index is 5.39. The lowest BCUT2D eigenvalue weighted by Crippen LogP contribution is -2.44. The first-order chi connectivity index (χ1) is 7.11. The number of hydrazine groups is 1. The maximum atomic E-state index is 5.39. The van der Waals surface area contributed by atoms with Crippen LogP contribution in [-0.2, 0) is 0 Å². The molecule has 15 heavy (non-hydrogen) atoms. The summed E-state index contributed by atoms with van der Waals surface area (Å²) in [5, 5.41) is 3.18. The average Bonchev–Trinajstić information content (AvgIpc) is 2.58. The van der Waals surface area contributed by atoms with Crippen molar-refractivity contribution in [3.05, 3.63) is 0 Å². The van der Waals surface area contributed by atoms with Gasteiger partial charge in [0, 0.05) is 12.6 Å². The van der Waals surface area contributed by atoms with Gasteiger partial charge in [-0.2, -0.15) is 0 Å². The molecule has 0 heterocycles. The molecule has 0 saturated heterocycles. The van der Waals surface area contributed by atoms with Gasteiger partial charge >= 0.3 is 0 Å². The molecule has 4 N–H and O–H groups in total. The van der Waals surface area contributed by atoms with Gasteiger partial charge in [-0.3, -0.25) is 10.4 Å². The van der Waals surface area contributed by atoms with Crippen LogP contribution in [0.25, 0.3) is 0 Å². The van der Waals surface area contributed by atoms with Crippen LogP contribution in [0.15, 0.2) is 4.99 Å². The lowest BCUT2D eigenvalue weighted by Gasteiger charge is -2.13. The van der Waals surface area contributed by atoms with Crippen LogP contribution in [0.4, 0.5) is 0 Å². The van der Waals surface area contributed by atoms with Crippen LogP contribution in [0.1, 0.15) is 40.0 Å². The molecule has 1 fully saturated rings. The lowest BCUT2D eigenvalue weighted by atomic mass is 10.1. The summed E-state index contributed by atoms with van der Waals surface area (Å²) in [6.45, 7) is 7.36. The predicted molar refractivity (Wildman–Crippen MR) is 64.4 cm³/mol. The maximum Gasteiger partial charge on any atom is 0.205 e. The van der Waals surface area contributed by atoms with E-state index >= 15 is 0 Å². The van der Waals surface area contributed by atoms with Crippen molar-refractivity contribution in [1.82, 2.24) is 10.7 Å². The van der Waals surface area contributed by atoms with Crippen molar-refractivity contribution < 1.29 is 0 Å². The summed E-state index contributed by atoms with van der Waals surface area (Å²) in [6, 6.07) is 0.363. The molecular weight excluding hydrogens is 188 g/mol. The monoisotopic (exact) mass is 212 g/mol. The molecule has 0 aromatic rings. The largest absolute Gasteiger partial charge is 0.353 e. The van der Waals surface area contributed by atoms with Crippen molar-refractivity contribution in [2.24, 2.45) is 22.7 Å². The molecule has 0 radical (unpaired) electrons. The van der Waals surface area contributed by atoms with E-state index in [4.69, 9.17) is 5.84 Å². The standard InChI is InChI=1S/C11H24N4/c1-8(2)14-11(15-12)13-7-10-5-4-9(3)6-10/h8-10H,4-7,12H2,1-3H3,(H2,13,14,15). The summed E-state index contributed by atoms with van der Waals surface area (Å²) >= 11 is 0. The molecule has 1 aliphatic carbocycles. The molecule has 0 aromatic heterocycles. The van der Waals surface area contributed by atoms with Crippen molar-refractivity contribution >= 4 is 5.96 Å². The van der Waals surface area contributed by atoms with Crippen molar-refractivity contribution in [2.75, 3.05) is 6.54 Å². The highest BCUT2D eigenvalue weighted by atomic mass is 15.3. The fourth-order valence-corrected chi connectivity index (χ4v) is 2.12. The zero-order valence-corrected chi connectivity index (χ0v) is 10.1. The van der Waals surface area contributed by atoms with Crippen LogP contribution in [0.3, 0.4) is 0 Å². The Balaban J connectivity index is 2.33. The third kappa shape index (κ3) is 4.51. The van der Waals surface area contributed by atoms with Gasteiger partial charge in [-0.15, -0.1) is 0 Å². The Hall–Kier alpha value is -0.770. The van der Waals surface area contributed by atoms with Crippen LogP contribution >= 0.6 is 0 Å². The molecule has 4 heteroatoms. The second-order valence-corrected chi connectivity index (χ2v) is 4.92. The Labute approximate surface area is 92.7 Å². The Bertz CT molecular complexity index is 213. The SMILES string of the molecule is CC1CCC(CN=C(NN)NC(C)C)C1. The van der Waals surface area contributed by atoms with Crippen LogP contribution < -0.4 is 16.6 Å². The molecular formula is C11H24N4. The van der Waals surface area contributed by atoms with Gasteiger partial charge in [0.25, 0.3) is 0 Å². The van der Waals surface area contributed by atoms with Gasteiger partial charge in [-0.25, -0.2) is 5.84 Å². The van der Waals surface area contributed by atoms with Gasteiger partial charge in [0.1, 0.15) is 0 Å². The first-order valence-electron chi connectivity index (χ1n) is 5.89. The van der Waals surface area contributed by atoms with Gasteiger partial charge in [0.2, 0.25) is 5.96 Å². The highest BCUT2D eigenvalue weighted by Gasteiger charge is 2.20. The smallest absolute Gasteiger partial charge is 0.205 e. The van der Waals surface area contributed by atoms with E-state index in [9.17, 15) is 0 Å². The zero-order chi connectivity index (χ0) is 11.3. The lowest BCUT2D eigenvalue weighted by molar-refractivity contribution is 0.523. The summed E-state index contributed by atoms with van der Waals surface area (Å²) in [5.74, 6) is 7.72. The molecule has 2 unspecified atom stereocenters. The topological polar surface area (TPSA) is 62.4 Å². The fourth-order valence-electron chi connectivity index (χ4n) is 2.12. The van der Waals surface area contributed by atoms with Crippen LogP contribution in [0, 0.1) is 11.8 Å². The van der Waals surface area contributed by atoms with Gasteiger partial charge in [-0.05, 0) is 38.5 Å². The summed E-state index contributed by atoms with van der Waals surface area (Å²) in [4.78, 5) is 4.47. The number of rotatable bonds is 3. The van der Waals surface area contributed by atoms with Gasteiger partial charge in [0.15, 0.2) is 0 Å². The van der Waals surface area contributed by atoms with Gasteiger partial charge in [-0.1, -0.05) is 13.3 Å². The molecule has 4 nitrogen and oxygen atoms in total. The van der Waals surface area contributed by atoms with E-state index in [1.807, 2.05) is 0 Å². The number of hydrogen-bond donors (Lipinski definition) is 3. The minimum atomic E-state index is 0.363. The molecule has 0 spiro atoms. The summed E-state index contributed by atoms with van der Waals surface area (Å²) < 4.78 is 0. The molecule has 88 valence electrons. The Morgan fingerprint density at radius 3 is 2.67 bits per heavy atom. The summed E-state index contributed by atoms with van der Waals surface area (Å²) in [5.41, 5.74) is 2.61. The quantitative estimate of drug-likeness (QED) is 0.285. The van der Waals surface area contributed by atoms with E-state index in [0.717, 1.165) is 18.4 Å². The summed E-state index contributed by atoms with van der Waals surface area (Å²) in [7, 11) is 0. The highest BCUT2D eigenvalue weighted by molar-refractivity contribution is 5.79. The van der Waals surface area contributed by atoms with E-state index in [2.05, 4.69) is 36.5 Å². The fraction of sp³-hybridized carbons (Fsp3) is 0.909. The Morgan fingerprint density at radius 2 is 2.20 bits per heavy atom. The molecule has 0 aromatic carbocycles. The molecule has 2 atom stereocenters. The number of guanidine groups is 1. The Kier molecular flexibility index (Phi) is 4.88. The van der Waals surface area contributed by atoms with E-state index in [0.29, 0.717) is 12.0 Å². The normalized spacial score (nSPS) is 27.1. The van der Waals surface area contributed by atoms with Crippen LogP contribution in [0.5, 0.6) is 0 Å². The zero-order valence-electron chi connectivity index (χ0n) is 10.1. The first-order valence-corrected chi connectivity index (χ1v) is 5.89. The number of nitrogens with one attached hydrogen (secondary N) is 2. The number of aliphatic imine (C=N–C) groups is 1. The number of nitrogens with zero attached hydrogens (tertiary/aromatic N) is 1. The van der Waals surface area contributed by atoms with Crippen molar-refractivity contribution in [2.45, 2.75) is 46.1 Å². The van der Waals surface area contributed by atoms with E-state index in [-0.39, 0.29) is 0 Å². The first kappa shape index (κ1) is 12.3. The van der Waals surface area contributed by atoms with E-state index < -0.39 is 0 Å². The van der Waals surface area contributed by atoms with Gasteiger partial charge < -0.3 is 5.32 Å². The minimum Gasteiger partial charge on any atom is -0.353 e. The molecule has 1 aliphatic rings. The highest BCUT2D eigenvalue weighted by Crippen LogP contribution is 2.30. The van der Waals surface area contributed by atoms with E-state index in [1.165, 1.54) is 19.3 Å². The van der Waals surface area contributed by atoms with Crippen LogP contribution in [-0.4, -0.2) is 18.5 Å². The third-order valence-electron chi connectivity index (χ3n) is 2.87. The summed E-state index contributed by atoms with van der Waals surface area (Å²) in [6.07, 6.45) is 3.97. The molecule has 1 saturated carbocycles. The molecule has 1 rings (SSSR count). The average molecular weight is 212 g/mol. The second kappa shape index (κ2) is 5.95. The predicted octanol–water partition coefficient (Wildman–Crippen LogP) is 1.24. The number of nitrogens with two attached hydrogens (primary N) is 1. The minimum absolute atomic E-state index is 0.363. The second-order valence-electron chi connectivity index (χ2n) is 4.92. The molecule has 0 aliphatic heterocycles. The number of hydrogen-bond acceptors (Lipinski definition) is 2. The molecule has 0 bridgehead atoms. The van der Waals surface area contributed by atoms with Crippen molar-refractivity contribution in [3.63, 3.8) is 0 Å². The third-order valence-corrected chi connectivity index (χ3v) is 2.87. The van der Waals surface area contributed by atoms with Gasteiger partial charge in [0.05, 0.1) is 0 Å². The Morgan fingerprint density at radius 1 is 1.47 bits per heavy atom. The van der Waals surface area contributed by atoms with Crippen molar-refractivity contribution in [3.8, 4) is 0 Å².